The fourth-order valence-electron chi connectivity index (χ4n) is 2.65. The largest absolute Gasteiger partial charge is 0.372 e. The van der Waals surface area contributed by atoms with Crippen LogP contribution in [-0.4, -0.2) is 45.5 Å². The predicted molar refractivity (Wildman–Crippen MR) is 76.1 cm³/mol. The van der Waals surface area contributed by atoms with Gasteiger partial charge in [-0.2, -0.15) is 0 Å². The van der Waals surface area contributed by atoms with Crippen LogP contribution in [0.3, 0.4) is 0 Å². The molecule has 2 atom stereocenters. The number of amides is 1. The number of rotatable bonds is 1. The molecular formula is C14H16ClN3O2. The lowest BCUT2D eigenvalue weighted by Gasteiger charge is -2.35. The minimum Gasteiger partial charge on any atom is -0.372 e. The summed E-state index contributed by atoms with van der Waals surface area (Å²) in [6.45, 7) is 5.07. The summed E-state index contributed by atoms with van der Waals surface area (Å²) < 4.78 is 7.38. The van der Waals surface area contributed by atoms with Crippen molar-refractivity contribution in [1.82, 2.24) is 14.3 Å². The Morgan fingerprint density at radius 1 is 1.35 bits per heavy atom. The van der Waals surface area contributed by atoms with E-state index in [1.165, 1.54) is 0 Å². The van der Waals surface area contributed by atoms with E-state index in [0.29, 0.717) is 24.4 Å². The Morgan fingerprint density at radius 3 is 2.75 bits per heavy atom. The molecule has 1 saturated heterocycles. The summed E-state index contributed by atoms with van der Waals surface area (Å²) in [6.07, 6.45) is 1.86. The van der Waals surface area contributed by atoms with E-state index in [0.717, 1.165) is 0 Å². The number of pyridine rings is 1. The van der Waals surface area contributed by atoms with Gasteiger partial charge in [0.05, 0.1) is 12.2 Å². The monoisotopic (exact) mass is 293 g/mol. The Kier molecular flexibility index (Phi) is 3.40. The summed E-state index contributed by atoms with van der Waals surface area (Å²) in [5.74, 6) is -0.101. The van der Waals surface area contributed by atoms with Gasteiger partial charge < -0.3 is 9.64 Å². The lowest BCUT2D eigenvalue weighted by Crippen LogP contribution is -2.48. The van der Waals surface area contributed by atoms with Gasteiger partial charge in [0.25, 0.3) is 5.91 Å². The first-order valence-corrected chi connectivity index (χ1v) is 7.01. The van der Waals surface area contributed by atoms with Crippen LogP contribution in [-0.2, 0) is 4.74 Å². The minimum absolute atomic E-state index is 0.0284. The normalized spacial score (nSPS) is 23.2. The maximum Gasteiger partial charge on any atom is 0.274 e. The Labute approximate surface area is 122 Å². The summed E-state index contributed by atoms with van der Waals surface area (Å²) in [7, 11) is 0. The standard InChI is InChI=1S/C14H16ClN3O2/c1-9-7-17(8-10(2)20-9)14(19)12-13(15)16-11-5-3-4-6-18(11)12/h3-6,9-10H,7-8H2,1-2H3/t9-,10-/m1/s1. The number of hydrogen-bond acceptors (Lipinski definition) is 3. The number of carbonyl (C=O) groups is 1. The fraction of sp³-hybridized carbons (Fsp3) is 0.429. The van der Waals surface area contributed by atoms with E-state index in [9.17, 15) is 4.79 Å². The van der Waals surface area contributed by atoms with Gasteiger partial charge in [0.2, 0.25) is 0 Å². The van der Waals surface area contributed by atoms with E-state index in [-0.39, 0.29) is 23.3 Å². The summed E-state index contributed by atoms with van der Waals surface area (Å²) in [5, 5.41) is 0.244. The van der Waals surface area contributed by atoms with Crippen LogP contribution >= 0.6 is 11.6 Å². The molecule has 20 heavy (non-hydrogen) atoms. The van der Waals surface area contributed by atoms with Crippen molar-refractivity contribution in [3.05, 3.63) is 35.2 Å². The first-order valence-electron chi connectivity index (χ1n) is 6.63. The maximum absolute atomic E-state index is 12.7. The topological polar surface area (TPSA) is 46.8 Å². The van der Waals surface area contributed by atoms with Gasteiger partial charge in [0.15, 0.2) is 10.8 Å². The molecule has 2 aromatic heterocycles. The van der Waals surface area contributed by atoms with Crippen LogP contribution in [0.4, 0.5) is 0 Å². The second kappa shape index (κ2) is 5.07. The molecule has 0 radical (unpaired) electrons. The molecule has 3 rings (SSSR count). The van der Waals surface area contributed by atoms with Crippen molar-refractivity contribution in [3.63, 3.8) is 0 Å². The Morgan fingerprint density at radius 2 is 2.05 bits per heavy atom. The van der Waals surface area contributed by atoms with Gasteiger partial charge in [-0.3, -0.25) is 9.20 Å². The quantitative estimate of drug-likeness (QED) is 0.810. The Hall–Kier alpha value is -1.59. The van der Waals surface area contributed by atoms with Crippen molar-refractivity contribution in [2.75, 3.05) is 13.1 Å². The molecule has 1 amide bonds. The van der Waals surface area contributed by atoms with Crippen LogP contribution in [0.1, 0.15) is 24.3 Å². The number of nitrogens with zero attached hydrogens (tertiary/aromatic N) is 3. The van der Waals surface area contributed by atoms with Gasteiger partial charge >= 0.3 is 0 Å². The van der Waals surface area contributed by atoms with Crippen LogP contribution in [0.5, 0.6) is 0 Å². The van der Waals surface area contributed by atoms with E-state index in [1.54, 1.807) is 15.5 Å². The molecule has 1 aliphatic heterocycles. The number of fused-ring (bicyclic) bond motifs is 1. The van der Waals surface area contributed by atoms with Crippen LogP contribution in [0, 0.1) is 0 Å². The zero-order chi connectivity index (χ0) is 14.3. The average Bonchev–Trinajstić information content (AvgIpc) is 2.72. The van der Waals surface area contributed by atoms with Crippen molar-refractivity contribution in [2.24, 2.45) is 0 Å². The molecule has 0 unspecified atom stereocenters. The Bertz CT molecular complexity index is 645. The van der Waals surface area contributed by atoms with E-state index in [1.807, 2.05) is 32.0 Å². The van der Waals surface area contributed by atoms with Crippen LogP contribution in [0.2, 0.25) is 5.15 Å². The molecule has 1 aliphatic rings. The van der Waals surface area contributed by atoms with E-state index < -0.39 is 0 Å². The smallest absolute Gasteiger partial charge is 0.274 e. The minimum atomic E-state index is -0.101. The maximum atomic E-state index is 12.7. The zero-order valence-corrected chi connectivity index (χ0v) is 12.2. The van der Waals surface area contributed by atoms with Crippen molar-refractivity contribution in [2.45, 2.75) is 26.1 Å². The Balaban J connectivity index is 1.98. The zero-order valence-electron chi connectivity index (χ0n) is 11.4. The highest BCUT2D eigenvalue weighted by Gasteiger charge is 2.29. The second-order valence-electron chi connectivity index (χ2n) is 5.15. The highest BCUT2D eigenvalue weighted by atomic mass is 35.5. The van der Waals surface area contributed by atoms with Crippen LogP contribution < -0.4 is 0 Å². The van der Waals surface area contributed by atoms with Crippen molar-refractivity contribution < 1.29 is 9.53 Å². The number of aromatic nitrogens is 2. The molecule has 3 heterocycles. The summed E-state index contributed by atoms with van der Waals surface area (Å²) in [4.78, 5) is 18.7. The van der Waals surface area contributed by atoms with Gasteiger partial charge in [0.1, 0.15) is 5.65 Å². The molecule has 0 saturated carbocycles. The lowest BCUT2D eigenvalue weighted by atomic mass is 10.2. The van der Waals surface area contributed by atoms with Gasteiger partial charge in [-0.25, -0.2) is 4.98 Å². The molecule has 106 valence electrons. The molecule has 1 fully saturated rings. The number of carbonyl (C=O) groups excluding carboxylic acids is 1. The summed E-state index contributed by atoms with van der Waals surface area (Å²) >= 11 is 6.14. The van der Waals surface area contributed by atoms with E-state index in [4.69, 9.17) is 16.3 Å². The van der Waals surface area contributed by atoms with E-state index >= 15 is 0 Å². The molecule has 0 aliphatic carbocycles. The fourth-order valence-corrected chi connectivity index (χ4v) is 2.91. The molecule has 6 heteroatoms. The molecule has 0 spiro atoms. The first-order chi connectivity index (χ1) is 9.56. The third-order valence-electron chi connectivity index (χ3n) is 3.40. The molecule has 0 aromatic carbocycles. The highest BCUT2D eigenvalue weighted by Crippen LogP contribution is 2.21. The van der Waals surface area contributed by atoms with Crippen molar-refractivity contribution in [1.29, 1.82) is 0 Å². The van der Waals surface area contributed by atoms with Gasteiger partial charge in [0, 0.05) is 19.3 Å². The summed E-state index contributed by atoms with van der Waals surface area (Å²) in [6, 6.07) is 5.55. The molecular weight excluding hydrogens is 278 g/mol. The highest BCUT2D eigenvalue weighted by molar-refractivity contribution is 6.32. The van der Waals surface area contributed by atoms with Gasteiger partial charge in [-0.05, 0) is 26.0 Å². The first kappa shape index (κ1) is 13.4. The van der Waals surface area contributed by atoms with Gasteiger partial charge in [-0.15, -0.1) is 0 Å². The number of imidazole rings is 1. The second-order valence-corrected chi connectivity index (χ2v) is 5.51. The van der Waals surface area contributed by atoms with Crippen LogP contribution in [0.25, 0.3) is 5.65 Å². The van der Waals surface area contributed by atoms with E-state index in [2.05, 4.69) is 4.98 Å². The van der Waals surface area contributed by atoms with Gasteiger partial charge in [-0.1, -0.05) is 17.7 Å². The number of hydrogen-bond donors (Lipinski definition) is 0. The third kappa shape index (κ3) is 2.27. The van der Waals surface area contributed by atoms with Crippen molar-refractivity contribution >= 4 is 23.2 Å². The third-order valence-corrected chi connectivity index (χ3v) is 3.66. The number of halogens is 1. The average molecular weight is 294 g/mol. The SMILES string of the molecule is C[C@@H]1CN(C(=O)c2c(Cl)nc3ccccn23)C[C@@H](C)O1. The lowest BCUT2D eigenvalue weighted by molar-refractivity contribution is -0.0587. The van der Waals surface area contributed by atoms with Crippen molar-refractivity contribution in [3.8, 4) is 0 Å². The predicted octanol–water partition coefficient (Wildman–Crippen LogP) is 2.24. The molecule has 0 N–H and O–H groups in total. The molecule has 5 nitrogen and oxygen atoms in total. The molecule has 0 bridgehead atoms. The number of morpholine rings is 1. The van der Waals surface area contributed by atoms with Crippen LogP contribution in [0.15, 0.2) is 24.4 Å². The molecule has 2 aromatic rings. The summed E-state index contributed by atoms with van der Waals surface area (Å²) in [5.41, 5.74) is 1.10. The number of ether oxygens (including phenoxy) is 1.